The highest BCUT2D eigenvalue weighted by molar-refractivity contribution is 7.15. The second-order valence-electron chi connectivity index (χ2n) is 6.57. The lowest BCUT2D eigenvalue weighted by Crippen LogP contribution is -2.45. The summed E-state index contributed by atoms with van der Waals surface area (Å²) in [6.45, 7) is 7.86. The molecule has 2 aliphatic heterocycles. The van der Waals surface area contributed by atoms with Crippen LogP contribution in [0.5, 0.6) is 0 Å². The molecule has 5 heteroatoms. The standard InChI is InChI=1S/C16H24N4S/c1-11-10-21-16-18-12(2)15(20(11)16)9-17-13-5-7-19-6-3-4-14(19)8-13/h10,13-14,17H,3-9H2,1-2H3. The molecule has 2 saturated heterocycles. The van der Waals surface area contributed by atoms with Gasteiger partial charge in [0.1, 0.15) is 0 Å². The first kappa shape index (κ1) is 13.7. The summed E-state index contributed by atoms with van der Waals surface area (Å²) in [4.78, 5) is 8.50. The van der Waals surface area contributed by atoms with Crippen molar-refractivity contribution in [2.45, 2.75) is 58.2 Å². The first-order chi connectivity index (χ1) is 10.2. The molecule has 0 spiro atoms. The summed E-state index contributed by atoms with van der Waals surface area (Å²) in [7, 11) is 0. The van der Waals surface area contributed by atoms with Gasteiger partial charge in [-0.15, -0.1) is 11.3 Å². The molecule has 4 heterocycles. The van der Waals surface area contributed by atoms with Crippen molar-refractivity contribution in [1.82, 2.24) is 19.6 Å². The summed E-state index contributed by atoms with van der Waals surface area (Å²) in [5.41, 5.74) is 3.83. The average molecular weight is 304 g/mol. The van der Waals surface area contributed by atoms with Gasteiger partial charge in [-0.05, 0) is 52.6 Å². The zero-order chi connectivity index (χ0) is 14.4. The number of piperidine rings is 1. The largest absolute Gasteiger partial charge is 0.308 e. The molecule has 0 aromatic carbocycles. The number of nitrogens with zero attached hydrogens (tertiary/aromatic N) is 3. The number of fused-ring (bicyclic) bond motifs is 2. The second kappa shape index (κ2) is 5.38. The van der Waals surface area contributed by atoms with Crippen molar-refractivity contribution in [2.75, 3.05) is 13.1 Å². The molecular weight excluding hydrogens is 280 g/mol. The predicted molar refractivity (Wildman–Crippen MR) is 87.0 cm³/mol. The second-order valence-corrected chi connectivity index (χ2v) is 7.41. The Balaban J connectivity index is 1.46. The van der Waals surface area contributed by atoms with Crippen molar-refractivity contribution in [2.24, 2.45) is 0 Å². The van der Waals surface area contributed by atoms with E-state index in [0.29, 0.717) is 6.04 Å². The Morgan fingerprint density at radius 2 is 2.24 bits per heavy atom. The highest BCUT2D eigenvalue weighted by atomic mass is 32.1. The number of thiazole rings is 1. The van der Waals surface area contributed by atoms with Crippen LogP contribution in [-0.2, 0) is 6.54 Å². The Bertz CT molecular complexity index is 644. The predicted octanol–water partition coefficient (Wildman–Crippen LogP) is 2.73. The Labute approximate surface area is 130 Å². The lowest BCUT2D eigenvalue weighted by atomic mass is 9.97. The lowest BCUT2D eigenvalue weighted by molar-refractivity contribution is 0.166. The van der Waals surface area contributed by atoms with Crippen LogP contribution in [0.2, 0.25) is 0 Å². The fourth-order valence-corrected chi connectivity index (χ4v) is 4.96. The first-order valence-corrected chi connectivity index (χ1v) is 9.00. The van der Waals surface area contributed by atoms with Gasteiger partial charge in [0, 0.05) is 29.7 Å². The quantitative estimate of drug-likeness (QED) is 0.946. The number of hydrogen-bond acceptors (Lipinski definition) is 4. The van der Waals surface area contributed by atoms with Crippen LogP contribution in [0.4, 0.5) is 0 Å². The van der Waals surface area contributed by atoms with Gasteiger partial charge in [0.05, 0.1) is 11.4 Å². The molecule has 0 bridgehead atoms. The van der Waals surface area contributed by atoms with Gasteiger partial charge in [-0.1, -0.05) is 0 Å². The van der Waals surface area contributed by atoms with Gasteiger partial charge in [-0.2, -0.15) is 0 Å². The third-order valence-corrected chi connectivity index (χ3v) is 6.15. The molecule has 0 saturated carbocycles. The van der Waals surface area contributed by atoms with Crippen LogP contribution in [0.15, 0.2) is 5.38 Å². The van der Waals surface area contributed by atoms with Crippen LogP contribution < -0.4 is 5.32 Å². The summed E-state index contributed by atoms with van der Waals surface area (Å²) in [6.07, 6.45) is 5.41. The number of nitrogens with one attached hydrogen (secondary N) is 1. The summed E-state index contributed by atoms with van der Waals surface area (Å²) in [5.74, 6) is 0. The van der Waals surface area contributed by atoms with Crippen molar-refractivity contribution in [3.8, 4) is 0 Å². The number of hydrogen-bond donors (Lipinski definition) is 1. The van der Waals surface area contributed by atoms with Gasteiger partial charge in [0.25, 0.3) is 0 Å². The van der Waals surface area contributed by atoms with Gasteiger partial charge in [0.2, 0.25) is 0 Å². The number of imidazole rings is 1. The molecule has 0 amide bonds. The van der Waals surface area contributed by atoms with E-state index in [1.165, 1.54) is 55.9 Å². The minimum Gasteiger partial charge on any atom is -0.308 e. The maximum absolute atomic E-state index is 4.68. The minimum atomic E-state index is 0.674. The zero-order valence-electron chi connectivity index (χ0n) is 12.9. The molecule has 2 fully saturated rings. The van der Waals surface area contributed by atoms with E-state index in [2.05, 4.69) is 38.8 Å². The molecule has 2 aromatic rings. The Morgan fingerprint density at radius 3 is 3.14 bits per heavy atom. The smallest absolute Gasteiger partial charge is 0.194 e. The molecule has 2 atom stereocenters. The molecule has 1 N–H and O–H groups in total. The van der Waals surface area contributed by atoms with Crippen LogP contribution >= 0.6 is 11.3 Å². The summed E-state index contributed by atoms with van der Waals surface area (Å²) in [5, 5.41) is 6.00. The third-order valence-electron chi connectivity index (χ3n) is 5.21. The molecule has 21 heavy (non-hydrogen) atoms. The normalized spacial score (nSPS) is 26.6. The van der Waals surface area contributed by atoms with Crippen LogP contribution in [0.25, 0.3) is 4.96 Å². The van der Waals surface area contributed by atoms with Crippen molar-refractivity contribution in [3.63, 3.8) is 0 Å². The van der Waals surface area contributed by atoms with E-state index in [1.807, 2.05) is 0 Å². The highest BCUT2D eigenvalue weighted by Gasteiger charge is 2.31. The molecule has 114 valence electrons. The van der Waals surface area contributed by atoms with E-state index in [-0.39, 0.29) is 0 Å². The maximum Gasteiger partial charge on any atom is 0.194 e. The molecule has 2 aliphatic rings. The van der Waals surface area contributed by atoms with Crippen molar-refractivity contribution < 1.29 is 0 Å². The van der Waals surface area contributed by atoms with Crippen molar-refractivity contribution >= 4 is 16.3 Å². The summed E-state index contributed by atoms with van der Waals surface area (Å²) >= 11 is 1.74. The monoisotopic (exact) mass is 304 g/mol. The highest BCUT2D eigenvalue weighted by Crippen LogP contribution is 2.27. The summed E-state index contributed by atoms with van der Waals surface area (Å²) < 4.78 is 2.32. The topological polar surface area (TPSA) is 32.6 Å². The van der Waals surface area contributed by atoms with Crippen LogP contribution in [0.3, 0.4) is 0 Å². The minimum absolute atomic E-state index is 0.674. The van der Waals surface area contributed by atoms with Gasteiger partial charge >= 0.3 is 0 Å². The molecule has 0 radical (unpaired) electrons. The van der Waals surface area contributed by atoms with Crippen LogP contribution in [-0.4, -0.2) is 39.5 Å². The van der Waals surface area contributed by atoms with E-state index in [9.17, 15) is 0 Å². The van der Waals surface area contributed by atoms with Gasteiger partial charge < -0.3 is 10.2 Å². The fraction of sp³-hybridized carbons (Fsp3) is 0.688. The lowest BCUT2D eigenvalue weighted by Gasteiger charge is -2.35. The zero-order valence-corrected chi connectivity index (χ0v) is 13.7. The molecule has 4 rings (SSSR count). The molecule has 4 nitrogen and oxygen atoms in total. The van der Waals surface area contributed by atoms with E-state index in [0.717, 1.165) is 17.5 Å². The molecular formula is C16H24N4S. The summed E-state index contributed by atoms with van der Waals surface area (Å²) in [6, 6.07) is 1.51. The molecule has 2 unspecified atom stereocenters. The average Bonchev–Trinajstić information content (AvgIpc) is 3.14. The fourth-order valence-electron chi connectivity index (χ4n) is 4.03. The number of aromatic nitrogens is 2. The Kier molecular flexibility index (Phi) is 3.52. The van der Waals surface area contributed by atoms with Crippen molar-refractivity contribution in [3.05, 3.63) is 22.5 Å². The van der Waals surface area contributed by atoms with E-state index < -0.39 is 0 Å². The van der Waals surface area contributed by atoms with Crippen LogP contribution in [0.1, 0.15) is 42.8 Å². The Hall–Kier alpha value is -0.910. The van der Waals surface area contributed by atoms with Gasteiger partial charge in [-0.25, -0.2) is 4.98 Å². The van der Waals surface area contributed by atoms with Crippen molar-refractivity contribution in [1.29, 1.82) is 0 Å². The SMILES string of the molecule is Cc1nc2scc(C)n2c1CNC1CCN2CCCC2C1. The van der Waals surface area contributed by atoms with E-state index in [4.69, 9.17) is 0 Å². The first-order valence-electron chi connectivity index (χ1n) is 8.12. The van der Waals surface area contributed by atoms with E-state index in [1.54, 1.807) is 11.3 Å². The van der Waals surface area contributed by atoms with E-state index >= 15 is 0 Å². The Morgan fingerprint density at radius 1 is 1.33 bits per heavy atom. The number of rotatable bonds is 3. The van der Waals surface area contributed by atoms with Crippen LogP contribution in [0, 0.1) is 13.8 Å². The molecule has 0 aliphatic carbocycles. The maximum atomic E-state index is 4.68. The third kappa shape index (κ3) is 2.41. The van der Waals surface area contributed by atoms with Gasteiger partial charge in [-0.3, -0.25) is 4.40 Å². The molecule has 2 aromatic heterocycles. The number of aryl methyl sites for hydroxylation is 2. The van der Waals surface area contributed by atoms with Gasteiger partial charge in [0.15, 0.2) is 4.96 Å².